The molecule has 1 aromatic rings. The monoisotopic (exact) mass is 330 g/mol. The van der Waals surface area contributed by atoms with Crippen LogP contribution in [0.3, 0.4) is 0 Å². The van der Waals surface area contributed by atoms with Gasteiger partial charge in [-0.1, -0.05) is 0 Å². The number of nitrogens with zero attached hydrogens (tertiary/aromatic N) is 1. The second-order valence-electron chi connectivity index (χ2n) is 5.41. The largest absolute Gasteiger partial charge is 0.481 e. The Bertz CT molecular complexity index is 581. The van der Waals surface area contributed by atoms with Crippen LogP contribution in [0.5, 0.6) is 5.75 Å². The number of nitrogens with one attached hydrogen (secondary N) is 1. The summed E-state index contributed by atoms with van der Waals surface area (Å²) in [5.41, 5.74) is -0.777. The van der Waals surface area contributed by atoms with Crippen molar-refractivity contribution in [1.82, 2.24) is 10.2 Å². The van der Waals surface area contributed by atoms with Crippen LogP contribution in [0, 0.1) is 0 Å². The van der Waals surface area contributed by atoms with Gasteiger partial charge in [0.2, 0.25) is 5.91 Å². The number of halogens is 3. The molecule has 0 aliphatic carbocycles. The van der Waals surface area contributed by atoms with Gasteiger partial charge in [0.05, 0.1) is 11.6 Å². The molecule has 0 unspecified atom stereocenters. The normalized spacial score (nSPS) is 16.5. The Morgan fingerprint density at radius 2 is 1.83 bits per heavy atom. The van der Waals surface area contributed by atoms with E-state index >= 15 is 0 Å². The predicted octanol–water partition coefficient (Wildman–Crippen LogP) is 1.82. The molecular formula is C15H17F3N2O3. The molecule has 1 aliphatic heterocycles. The number of amides is 2. The highest BCUT2D eigenvalue weighted by Gasteiger charge is 2.32. The topological polar surface area (TPSA) is 58.6 Å². The molecule has 1 atom stereocenters. The van der Waals surface area contributed by atoms with Gasteiger partial charge in [-0.15, -0.1) is 0 Å². The van der Waals surface area contributed by atoms with Crippen molar-refractivity contribution in [3.05, 3.63) is 29.8 Å². The van der Waals surface area contributed by atoms with Crippen molar-refractivity contribution in [1.29, 1.82) is 0 Å². The van der Waals surface area contributed by atoms with E-state index in [9.17, 15) is 22.8 Å². The summed E-state index contributed by atoms with van der Waals surface area (Å²) < 4.78 is 42.7. The minimum absolute atomic E-state index is 0.0513. The molecule has 1 saturated heterocycles. The average molecular weight is 330 g/mol. The highest BCUT2D eigenvalue weighted by Crippen LogP contribution is 2.30. The van der Waals surface area contributed by atoms with Crippen LogP contribution in [0.1, 0.15) is 19.4 Å². The van der Waals surface area contributed by atoms with Crippen molar-refractivity contribution >= 4 is 11.8 Å². The van der Waals surface area contributed by atoms with Gasteiger partial charge in [-0.3, -0.25) is 9.59 Å². The molecule has 0 radical (unpaired) electrons. The summed E-state index contributed by atoms with van der Waals surface area (Å²) in [6.45, 7) is 3.87. The molecule has 8 heteroatoms. The van der Waals surface area contributed by atoms with E-state index in [1.807, 2.05) is 0 Å². The van der Waals surface area contributed by atoms with Gasteiger partial charge in [-0.2, -0.15) is 13.2 Å². The third kappa shape index (κ3) is 4.37. The van der Waals surface area contributed by atoms with Gasteiger partial charge in [0, 0.05) is 20.0 Å². The molecule has 1 N–H and O–H groups in total. The summed E-state index contributed by atoms with van der Waals surface area (Å²) in [5, 5.41) is 2.72. The quantitative estimate of drug-likeness (QED) is 0.916. The first-order valence-electron chi connectivity index (χ1n) is 7.06. The molecular weight excluding hydrogens is 313 g/mol. The number of rotatable bonds is 4. The van der Waals surface area contributed by atoms with Gasteiger partial charge in [-0.25, -0.2) is 0 Å². The number of hydrogen-bond donors (Lipinski definition) is 1. The average Bonchev–Trinajstić information content (AvgIpc) is 2.41. The minimum atomic E-state index is -4.41. The molecule has 1 heterocycles. The van der Waals surface area contributed by atoms with E-state index in [0.717, 1.165) is 12.1 Å². The maximum Gasteiger partial charge on any atom is 0.416 e. The van der Waals surface area contributed by atoms with E-state index in [0.29, 0.717) is 13.1 Å². The summed E-state index contributed by atoms with van der Waals surface area (Å²) in [7, 11) is 0. The summed E-state index contributed by atoms with van der Waals surface area (Å²) in [6, 6.07) is 4.03. The van der Waals surface area contributed by atoms with Crippen LogP contribution in [0.15, 0.2) is 24.3 Å². The third-order valence-electron chi connectivity index (χ3n) is 3.54. The third-order valence-corrected chi connectivity index (χ3v) is 3.54. The molecule has 2 rings (SSSR count). The number of ether oxygens (including phenoxy) is 1. The van der Waals surface area contributed by atoms with Crippen LogP contribution >= 0.6 is 0 Å². The summed E-state index contributed by atoms with van der Waals surface area (Å²) in [5.74, 6) is -0.248. The number of carbonyl (C=O) groups is 2. The van der Waals surface area contributed by atoms with Crippen LogP contribution in [0.4, 0.5) is 13.2 Å². The Balaban J connectivity index is 1.83. The van der Waals surface area contributed by atoms with Gasteiger partial charge in [0.15, 0.2) is 6.10 Å². The minimum Gasteiger partial charge on any atom is -0.481 e. The summed E-state index contributed by atoms with van der Waals surface area (Å²) in [6.07, 6.45) is -5.26. The Morgan fingerprint density at radius 1 is 1.26 bits per heavy atom. The maximum absolute atomic E-state index is 12.5. The zero-order chi connectivity index (χ0) is 17.2. The Morgan fingerprint density at radius 3 is 2.30 bits per heavy atom. The van der Waals surface area contributed by atoms with E-state index in [1.165, 1.54) is 26.0 Å². The first-order chi connectivity index (χ1) is 10.7. The second-order valence-corrected chi connectivity index (χ2v) is 5.41. The second kappa shape index (κ2) is 6.47. The predicted molar refractivity (Wildman–Crippen MR) is 75.7 cm³/mol. The lowest BCUT2D eigenvalue weighted by Gasteiger charge is -2.39. The number of alkyl halides is 3. The molecule has 0 saturated carbocycles. The molecule has 1 aliphatic rings. The summed E-state index contributed by atoms with van der Waals surface area (Å²) >= 11 is 0. The fourth-order valence-electron chi connectivity index (χ4n) is 2.13. The standard InChI is InChI=1S/C15H17F3N2O3/c1-9(14(22)19-12-7-20(8-12)10(2)21)23-13-5-3-11(4-6-13)15(16,17)18/h3-6,9,12H,7-8H2,1-2H3,(H,19,22)/t9-/m0/s1. The number of benzene rings is 1. The molecule has 5 nitrogen and oxygen atoms in total. The van der Waals surface area contributed by atoms with Gasteiger partial charge >= 0.3 is 6.18 Å². The van der Waals surface area contributed by atoms with Crippen LogP contribution in [-0.2, 0) is 15.8 Å². The lowest BCUT2D eigenvalue weighted by Crippen LogP contribution is -2.61. The number of carbonyl (C=O) groups excluding carboxylic acids is 2. The Labute approximate surface area is 131 Å². The summed E-state index contributed by atoms with van der Waals surface area (Å²) in [4.78, 5) is 24.6. The van der Waals surface area contributed by atoms with Crippen LogP contribution < -0.4 is 10.1 Å². The molecule has 0 aromatic heterocycles. The molecule has 1 aromatic carbocycles. The van der Waals surface area contributed by atoms with E-state index in [-0.39, 0.29) is 23.6 Å². The van der Waals surface area contributed by atoms with Crippen molar-refractivity contribution in [2.75, 3.05) is 13.1 Å². The zero-order valence-electron chi connectivity index (χ0n) is 12.7. The van der Waals surface area contributed by atoms with E-state index < -0.39 is 17.8 Å². The number of hydrogen-bond acceptors (Lipinski definition) is 3. The Kier molecular flexibility index (Phi) is 4.82. The first-order valence-corrected chi connectivity index (χ1v) is 7.06. The van der Waals surface area contributed by atoms with Gasteiger partial charge in [0.1, 0.15) is 5.75 Å². The van der Waals surface area contributed by atoms with Crippen LogP contribution in [0.2, 0.25) is 0 Å². The fourth-order valence-corrected chi connectivity index (χ4v) is 2.13. The van der Waals surface area contributed by atoms with Gasteiger partial charge < -0.3 is 15.0 Å². The van der Waals surface area contributed by atoms with E-state index in [4.69, 9.17) is 4.74 Å². The smallest absolute Gasteiger partial charge is 0.416 e. The molecule has 2 amide bonds. The SMILES string of the molecule is CC(=O)N1CC(NC(=O)[C@H](C)Oc2ccc(C(F)(F)F)cc2)C1. The fraction of sp³-hybridized carbons (Fsp3) is 0.467. The maximum atomic E-state index is 12.5. The van der Waals surface area contributed by atoms with E-state index in [2.05, 4.69) is 5.32 Å². The van der Waals surface area contributed by atoms with Crippen molar-refractivity contribution in [2.24, 2.45) is 0 Å². The number of likely N-dealkylation sites (tertiary alicyclic amines) is 1. The van der Waals surface area contributed by atoms with Crippen LogP contribution in [0.25, 0.3) is 0 Å². The van der Waals surface area contributed by atoms with Crippen molar-refractivity contribution in [3.8, 4) is 5.75 Å². The molecule has 0 bridgehead atoms. The highest BCUT2D eigenvalue weighted by atomic mass is 19.4. The Hall–Kier alpha value is -2.25. The zero-order valence-corrected chi connectivity index (χ0v) is 12.7. The molecule has 0 spiro atoms. The van der Waals surface area contributed by atoms with Crippen molar-refractivity contribution in [2.45, 2.75) is 32.2 Å². The van der Waals surface area contributed by atoms with E-state index in [1.54, 1.807) is 4.90 Å². The van der Waals surface area contributed by atoms with Crippen molar-refractivity contribution < 1.29 is 27.5 Å². The molecule has 1 fully saturated rings. The molecule has 23 heavy (non-hydrogen) atoms. The molecule has 126 valence electrons. The lowest BCUT2D eigenvalue weighted by atomic mass is 10.1. The van der Waals surface area contributed by atoms with Gasteiger partial charge in [-0.05, 0) is 31.2 Å². The van der Waals surface area contributed by atoms with Crippen LogP contribution in [-0.4, -0.2) is 41.9 Å². The first kappa shape index (κ1) is 17.1. The van der Waals surface area contributed by atoms with Gasteiger partial charge in [0.25, 0.3) is 5.91 Å². The van der Waals surface area contributed by atoms with Crippen molar-refractivity contribution in [3.63, 3.8) is 0 Å². The highest BCUT2D eigenvalue weighted by molar-refractivity contribution is 5.81. The lowest BCUT2D eigenvalue weighted by molar-refractivity contribution is -0.137.